The zero-order valence-electron chi connectivity index (χ0n) is 42.4. The fourth-order valence-corrected chi connectivity index (χ4v) is 14.1. The molecule has 15 aromatic rings. The Balaban J connectivity index is 0.915. The van der Waals surface area contributed by atoms with Crippen molar-refractivity contribution < 1.29 is 0 Å². The van der Waals surface area contributed by atoms with Gasteiger partial charge in [-0.2, -0.15) is 0 Å². The van der Waals surface area contributed by atoms with Crippen LogP contribution >= 0.6 is 22.7 Å². The molecule has 2 aromatic heterocycles. The Labute approximate surface area is 461 Å². The molecular weight excluding hydrogens is 981 g/mol. The average Bonchev–Trinajstić information content (AvgIpc) is 4.20. The molecule has 0 saturated heterocycles. The standard InChI is InChI=1S/C74H48N2S2/c1-4-19-49(20-5-1)51-39-41-57(42-40-51)75(58-27-18-24-54(43-58)50-21-6-2-7-22-50)60-45-66(73-65-32-15-17-34-71(65)77-72(73)48-60)52-35-37-53(38-36-52)67-46-59(47-68-64-31-14-16-33-70(64)78-74(67)68)76(56-25-8-3-9-26-56)69-44-55-23-10-11-28-61(55)62-29-12-13-30-63(62)69/h1-48H. The second-order valence-electron chi connectivity index (χ2n) is 20.0. The average molecular weight is 1030 g/mol. The third kappa shape index (κ3) is 8.01. The van der Waals surface area contributed by atoms with E-state index in [0.29, 0.717) is 0 Å². The van der Waals surface area contributed by atoms with Gasteiger partial charge in [0, 0.05) is 79.7 Å². The maximum Gasteiger partial charge on any atom is 0.0546 e. The lowest BCUT2D eigenvalue weighted by Gasteiger charge is -2.28. The van der Waals surface area contributed by atoms with Gasteiger partial charge >= 0.3 is 0 Å². The minimum Gasteiger partial charge on any atom is -0.310 e. The highest BCUT2D eigenvalue weighted by Gasteiger charge is 2.23. The molecule has 366 valence electrons. The van der Waals surface area contributed by atoms with Crippen molar-refractivity contribution in [1.82, 2.24) is 0 Å². The van der Waals surface area contributed by atoms with E-state index in [2.05, 4.69) is 301 Å². The molecule has 0 fully saturated rings. The minimum atomic E-state index is 1.09. The molecule has 0 unspecified atom stereocenters. The predicted molar refractivity (Wildman–Crippen MR) is 338 cm³/mol. The Morgan fingerprint density at radius 1 is 0.231 bits per heavy atom. The molecule has 0 N–H and O–H groups in total. The molecule has 0 radical (unpaired) electrons. The fraction of sp³-hybridized carbons (Fsp3) is 0. The molecule has 0 bridgehead atoms. The van der Waals surface area contributed by atoms with E-state index >= 15 is 0 Å². The molecule has 13 aromatic carbocycles. The Hall–Kier alpha value is -9.58. The van der Waals surface area contributed by atoms with Gasteiger partial charge in [0.05, 0.1) is 5.69 Å². The molecule has 0 aliphatic carbocycles. The van der Waals surface area contributed by atoms with Crippen LogP contribution in [-0.2, 0) is 0 Å². The van der Waals surface area contributed by atoms with Crippen LogP contribution in [0.5, 0.6) is 0 Å². The van der Waals surface area contributed by atoms with Crippen LogP contribution in [0.1, 0.15) is 0 Å². The SMILES string of the molecule is c1ccc(-c2ccc(N(c3cccc(-c4ccccc4)c3)c3cc(-c4ccc(-c5cc(N(c6ccccc6)c6cc7ccccc7c7ccccc67)cc6c5sc5ccccc56)cc4)c4c(c3)sc3ccccc34)cc2)cc1. The van der Waals surface area contributed by atoms with E-state index in [4.69, 9.17) is 0 Å². The zero-order valence-corrected chi connectivity index (χ0v) is 44.1. The van der Waals surface area contributed by atoms with Crippen LogP contribution in [0, 0.1) is 0 Å². The third-order valence-electron chi connectivity index (χ3n) is 15.4. The van der Waals surface area contributed by atoms with E-state index in [1.54, 1.807) is 0 Å². The monoisotopic (exact) mass is 1030 g/mol. The van der Waals surface area contributed by atoms with Crippen LogP contribution < -0.4 is 9.80 Å². The Bertz CT molecular complexity index is 4720. The Morgan fingerprint density at radius 2 is 0.731 bits per heavy atom. The molecule has 0 saturated carbocycles. The van der Waals surface area contributed by atoms with Gasteiger partial charge in [-0.25, -0.2) is 0 Å². The van der Waals surface area contributed by atoms with Crippen molar-refractivity contribution in [2.24, 2.45) is 0 Å². The smallest absolute Gasteiger partial charge is 0.0546 e. The maximum atomic E-state index is 2.47. The minimum absolute atomic E-state index is 1.09. The number of benzene rings is 13. The maximum absolute atomic E-state index is 2.47. The Kier molecular flexibility index (Phi) is 11.3. The first-order chi connectivity index (χ1) is 38.7. The lowest BCUT2D eigenvalue weighted by Crippen LogP contribution is -2.11. The highest BCUT2D eigenvalue weighted by Crippen LogP contribution is 2.50. The molecule has 0 spiro atoms. The first-order valence-electron chi connectivity index (χ1n) is 26.6. The zero-order chi connectivity index (χ0) is 51.5. The molecule has 78 heavy (non-hydrogen) atoms. The summed E-state index contributed by atoms with van der Waals surface area (Å²) in [7, 11) is 0. The summed E-state index contributed by atoms with van der Waals surface area (Å²) in [5.41, 5.74) is 16.2. The summed E-state index contributed by atoms with van der Waals surface area (Å²) in [5, 5.41) is 10.00. The highest BCUT2D eigenvalue weighted by atomic mass is 32.1. The molecule has 4 heteroatoms. The van der Waals surface area contributed by atoms with Crippen molar-refractivity contribution >= 4 is 119 Å². The normalized spacial score (nSPS) is 11.6. The largest absolute Gasteiger partial charge is 0.310 e. The van der Waals surface area contributed by atoms with E-state index in [0.717, 1.165) is 34.1 Å². The first-order valence-corrected chi connectivity index (χ1v) is 28.2. The molecule has 0 amide bonds. The second-order valence-corrected chi connectivity index (χ2v) is 22.1. The van der Waals surface area contributed by atoms with Gasteiger partial charge in [-0.3, -0.25) is 0 Å². The first kappa shape index (κ1) is 45.8. The Morgan fingerprint density at radius 3 is 1.46 bits per heavy atom. The van der Waals surface area contributed by atoms with Crippen molar-refractivity contribution in [2.45, 2.75) is 0 Å². The van der Waals surface area contributed by atoms with Gasteiger partial charge in [-0.1, -0.05) is 212 Å². The number of para-hydroxylation sites is 1. The summed E-state index contributed by atoms with van der Waals surface area (Å²) in [4.78, 5) is 4.91. The summed E-state index contributed by atoms with van der Waals surface area (Å²) in [6, 6.07) is 107. The van der Waals surface area contributed by atoms with Gasteiger partial charge in [0.1, 0.15) is 0 Å². The highest BCUT2D eigenvalue weighted by molar-refractivity contribution is 7.26. The summed E-state index contributed by atoms with van der Waals surface area (Å²) >= 11 is 3.75. The van der Waals surface area contributed by atoms with Crippen molar-refractivity contribution in [3.8, 4) is 44.5 Å². The van der Waals surface area contributed by atoms with Gasteiger partial charge < -0.3 is 9.80 Å². The molecule has 0 aliphatic rings. The van der Waals surface area contributed by atoms with Crippen molar-refractivity contribution in [3.05, 3.63) is 291 Å². The van der Waals surface area contributed by atoms with Crippen LogP contribution in [0.25, 0.3) is 106 Å². The van der Waals surface area contributed by atoms with Crippen LogP contribution in [0.15, 0.2) is 291 Å². The summed E-state index contributed by atoms with van der Waals surface area (Å²) < 4.78 is 5.09. The van der Waals surface area contributed by atoms with E-state index in [-0.39, 0.29) is 0 Å². The number of hydrogen-bond acceptors (Lipinski definition) is 4. The summed E-state index contributed by atoms with van der Waals surface area (Å²) in [5.74, 6) is 0. The molecule has 2 heterocycles. The van der Waals surface area contributed by atoms with Crippen LogP contribution in [0.2, 0.25) is 0 Å². The van der Waals surface area contributed by atoms with Gasteiger partial charge in [-0.05, 0) is 134 Å². The summed E-state index contributed by atoms with van der Waals surface area (Å²) in [6.45, 7) is 0. The lowest BCUT2D eigenvalue weighted by molar-refractivity contribution is 1.29. The molecular formula is C74H48N2S2. The number of thiophene rings is 2. The fourth-order valence-electron chi connectivity index (χ4n) is 11.7. The van der Waals surface area contributed by atoms with Crippen LogP contribution in [0.4, 0.5) is 34.1 Å². The van der Waals surface area contributed by atoms with E-state index in [1.807, 2.05) is 22.7 Å². The van der Waals surface area contributed by atoms with E-state index in [1.165, 1.54) is 106 Å². The molecule has 0 atom stereocenters. The number of nitrogens with zero attached hydrogens (tertiary/aromatic N) is 2. The van der Waals surface area contributed by atoms with Gasteiger partial charge in [0.15, 0.2) is 0 Å². The third-order valence-corrected chi connectivity index (χ3v) is 17.7. The predicted octanol–water partition coefficient (Wildman–Crippen LogP) is 22.3. The van der Waals surface area contributed by atoms with Crippen LogP contribution in [0.3, 0.4) is 0 Å². The number of hydrogen-bond donors (Lipinski definition) is 0. The number of fused-ring (bicyclic) bond motifs is 9. The van der Waals surface area contributed by atoms with Crippen molar-refractivity contribution in [1.29, 1.82) is 0 Å². The van der Waals surface area contributed by atoms with Gasteiger partial charge in [-0.15, -0.1) is 22.7 Å². The second kappa shape index (κ2) is 19.2. The quantitative estimate of drug-likeness (QED) is 0.126. The van der Waals surface area contributed by atoms with Crippen molar-refractivity contribution in [3.63, 3.8) is 0 Å². The molecule has 2 nitrogen and oxygen atoms in total. The number of anilines is 6. The molecule has 0 aliphatic heterocycles. The van der Waals surface area contributed by atoms with E-state index < -0.39 is 0 Å². The van der Waals surface area contributed by atoms with Crippen LogP contribution in [-0.4, -0.2) is 0 Å². The van der Waals surface area contributed by atoms with Crippen molar-refractivity contribution in [2.75, 3.05) is 9.80 Å². The number of rotatable bonds is 10. The lowest BCUT2D eigenvalue weighted by atomic mass is 9.94. The van der Waals surface area contributed by atoms with E-state index in [9.17, 15) is 0 Å². The van der Waals surface area contributed by atoms with Gasteiger partial charge in [0.25, 0.3) is 0 Å². The van der Waals surface area contributed by atoms with Gasteiger partial charge in [0.2, 0.25) is 0 Å². The topological polar surface area (TPSA) is 6.48 Å². The molecule has 15 rings (SSSR count). The summed E-state index contributed by atoms with van der Waals surface area (Å²) in [6.07, 6.45) is 0.